The Labute approximate surface area is 212 Å². The molecule has 1 saturated heterocycles. The molecule has 2 aromatic rings. The molecule has 1 unspecified atom stereocenters. The number of rotatable bonds is 9. The van der Waals surface area contributed by atoms with Gasteiger partial charge in [0.05, 0.1) is 4.92 Å². The van der Waals surface area contributed by atoms with Crippen LogP contribution in [-0.4, -0.2) is 71.6 Å². The number of hydrogen-bond acceptors (Lipinski definition) is 6. The zero-order valence-corrected chi connectivity index (χ0v) is 20.3. The summed E-state index contributed by atoms with van der Waals surface area (Å²) in [5.74, 6) is -2.03. The lowest BCUT2D eigenvalue weighted by molar-refractivity contribution is -0.384. The normalized spacial score (nSPS) is 18.3. The second-order valence-electron chi connectivity index (χ2n) is 8.94. The van der Waals surface area contributed by atoms with Crippen molar-refractivity contribution in [2.75, 3.05) is 44.2 Å². The minimum Gasteiger partial charge on any atom is -0.363 e. The third-order valence-corrected chi connectivity index (χ3v) is 6.52. The summed E-state index contributed by atoms with van der Waals surface area (Å²) >= 11 is 0. The molecule has 1 fully saturated rings. The first-order valence-electron chi connectivity index (χ1n) is 11.9. The Morgan fingerprint density at radius 2 is 1.86 bits per heavy atom. The average molecular weight is 515 g/mol. The Bertz CT molecular complexity index is 1200. The first-order chi connectivity index (χ1) is 17.8. The molecule has 3 amide bonds. The molecule has 37 heavy (non-hydrogen) atoms. The number of nitro benzene ring substituents is 1. The second kappa shape index (κ2) is 11.3. The molecule has 0 spiro atoms. The van der Waals surface area contributed by atoms with Crippen molar-refractivity contribution in [2.45, 2.75) is 19.4 Å². The Hall–Kier alpha value is -4.06. The van der Waals surface area contributed by atoms with E-state index in [-0.39, 0.29) is 17.2 Å². The predicted molar refractivity (Wildman–Crippen MR) is 132 cm³/mol. The molecule has 1 N–H and O–H groups in total. The van der Waals surface area contributed by atoms with E-state index in [2.05, 4.69) is 10.2 Å². The summed E-state index contributed by atoms with van der Waals surface area (Å²) in [6, 6.07) is 8.76. The van der Waals surface area contributed by atoms with E-state index in [0.717, 1.165) is 12.1 Å². The summed E-state index contributed by atoms with van der Waals surface area (Å²) in [7, 11) is 0. The maximum Gasteiger partial charge on any atom is 0.341 e. The van der Waals surface area contributed by atoms with Crippen LogP contribution in [0, 0.1) is 21.7 Å². The van der Waals surface area contributed by atoms with E-state index in [9.17, 15) is 28.5 Å². The van der Waals surface area contributed by atoms with Crippen LogP contribution < -0.4 is 10.2 Å². The summed E-state index contributed by atoms with van der Waals surface area (Å²) in [5.41, 5.74) is 1.56. The number of nitro groups is 1. The lowest BCUT2D eigenvalue weighted by Crippen LogP contribution is -2.54. The number of carbonyl (C=O) groups is 2. The summed E-state index contributed by atoms with van der Waals surface area (Å²) in [5, 5.41) is 16.5. The van der Waals surface area contributed by atoms with Crippen LogP contribution >= 0.6 is 0 Å². The second-order valence-corrected chi connectivity index (χ2v) is 8.94. The van der Waals surface area contributed by atoms with Crippen molar-refractivity contribution in [3.63, 3.8) is 0 Å². The number of hydrazine groups is 1. The highest BCUT2D eigenvalue weighted by atomic mass is 19.2. The molecule has 2 aromatic carbocycles. The smallest absolute Gasteiger partial charge is 0.341 e. The van der Waals surface area contributed by atoms with Crippen LogP contribution in [0.2, 0.25) is 0 Å². The number of nitrogens with one attached hydrogen (secondary N) is 1. The number of benzene rings is 2. The highest BCUT2D eigenvalue weighted by Crippen LogP contribution is 2.30. The van der Waals surface area contributed by atoms with E-state index in [1.54, 1.807) is 31.2 Å². The largest absolute Gasteiger partial charge is 0.363 e. The molecular weight excluding hydrogens is 486 g/mol. The molecule has 196 valence electrons. The zero-order valence-electron chi connectivity index (χ0n) is 20.3. The summed E-state index contributed by atoms with van der Waals surface area (Å²) in [6.45, 7) is 5.19. The quantitative estimate of drug-likeness (QED) is 0.313. The van der Waals surface area contributed by atoms with Crippen molar-refractivity contribution in [3.8, 4) is 0 Å². The molecule has 12 heteroatoms. The Kier molecular flexibility index (Phi) is 7.97. The van der Waals surface area contributed by atoms with Gasteiger partial charge >= 0.3 is 6.03 Å². The Morgan fingerprint density at radius 1 is 1.14 bits per heavy atom. The van der Waals surface area contributed by atoms with Crippen molar-refractivity contribution >= 4 is 23.8 Å². The van der Waals surface area contributed by atoms with Gasteiger partial charge in [0.25, 0.3) is 5.69 Å². The maximum atomic E-state index is 13.9. The fourth-order valence-electron chi connectivity index (χ4n) is 4.68. The van der Waals surface area contributed by atoms with Crippen LogP contribution in [0.25, 0.3) is 0 Å². The number of nitrogens with zero attached hydrogens (tertiary/aromatic N) is 5. The number of para-hydroxylation sites is 2. The standard InChI is InChI=1S/C25H28F2N6O4/c1-18-15-24(19-7-8-20(26)21(27)16-19)32(25(35)28-18)31(17-34)10-4-9-29-11-13-30(14-12-29)22-5-2-3-6-23(22)33(36)37/h2-3,5-8,15-17,24H,4,9-14H2,1H3,(H,28,35). The van der Waals surface area contributed by atoms with Gasteiger partial charge in [0.2, 0.25) is 6.41 Å². The van der Waals surface area contributed by atoms with Gasteiger partial charge in [0, 0.05) is 51.0 Å². The third kappa shape index (κ3) is 5.85. The molecule has 10 nitrogen and oxygen atoms in total. The van der Waals surface area contributed by atoms with Crippen LogP contribution in [0.15, 0.2) is 54.2 Å². The van der Waals surface area contributed by atoms with E-state index in [4.69, 9.17) is 0 Å². The third-order valence-electron chi connectivity index (χ3n) is 6.52. The summed E-state index contributed by atoms with van der Waals surface area (Å²) < 4.78 is 27.4. The van der Waals surface area contributed by atoms with Gasteiger partial charge < -0.3 is 10.2 Å². The highest BCUT2D eigenvalue weighted by molar-refractivity contribution is 5.79. The Morgan fingerprint density at radius 3 is 2.54 bits per heavy atom. The number of amides is 3. The van der Waals surface area contributed by atoms with Crippen molar-refractivity contribution in [3.05, 3.63) is 81.5 Å². The highest BCUT2D eigenvalue weighted by Gasteiger charge is 2.33. The molecule has 2 heterocycles. The van der Waals surface area contributed by atoms with E-state index >= 15 is 0 Å². The topological polar surface area (TPSA) is 102 Å². The monoisotopic (exact) mass is 514 g/mol. The first kappa shape index (κ1) is 26.0. The number of anilines is 1. The van der Waals surface area contributed by atoms with Gasteiger partial charge in [-0.3, -0.25) is 24.8 Å². The van der Waals surface area contributed by atoms with Gasteiger partial charge in [-0.05, 0) is 43.2 Å². The van der Waals surface area contributed by atoms with Gasteiger partial charge in [-0.25, -0.2) is 18.6 Å². The molecule has 0 saturated carbocycles. The number of allylic oxidation sites excluding steroid dienone is 1. The van der Waals surface area contributed by atoms with E-state index in [1.807, 2.05) is 4.90 Å². The number of hydrogen-bond donors (Lipinski definition) is 1. The van der Waals surface area contributed by atoms with Gasteiger partial charge in [0.15, 0.2) is 11.6 Å². The summed E-state index contributed by atoms with van der Waals surface area (Å²) in [6.07, 6.45) is 2.78. The first-order valence-corrected chi connectivity index (χ1v) is 11.9. The number of urea groups is 1. The van der Waals surface area contributed by atoms with Crippen LogP contribution in [0.4, 0.5) is 25.0 Å². The molecule has 1 atom stereocenters. The predicted octanol–water partition coefficient (Wildman–Crippen LogP) is 3.43. The fourth-order valence-corrected chi connectivity index (χ4v) is 4.68. The van der Waals surface area contributed by atoms with Gasteiger partial charge in [0.1, 0.15) is 11.7 Å². The van der Waals surface area contributed by atoms with Crippen LogP contribution in [0.5, 0.6) is 0 Å². The van der Waals surface area contributed by atoms with Crippen LogP contribution in [0.3, 0.4) is 0 Å². The molecule has 4 rings (SSSR count). The van der Waals surface area contributed by atoms with Crippen molar-refractivity contribution < 1.29 is 23.3 Å². The zero-order chi connectivity index (χ0) is 26.5. The molecule has 0 bridgehead atoms. The fraction of sp³-hybridized carbons (Fsp3) is 0.360. The van der Waals surface area contributed by atoms with E-state index in [0.29, 0.717) is 62.5 Å². The van der Waals surface area contributed by atoms with E-state index in [1.165, 1.54) is 22.2 Å². The lowest BCUT2D eigenvalue weighted by atomic mass is 10.0. The molecule has 2 aliphatic rings. The molecule has 2 aliphatic heterocycles. The molecule has 0 radical (unpaired) electrons. The maximum absolute atomic E-state index is 13.9. The van der Waals surface area contributed by atoms with E-state index < -0.39 is 23.7 Å². The molecule has 0 aromatic heterocycles. The minimum absolute atomic E-state index is 0.0808. The summed E-state index contributed by atoms with van der Waals surface area (Å²) in [4.78, 5) is 39.9. The van der Waals surface area contributed by atoms with Gasteiger partial charge in [-0.1, -0.05) is 18.2 Å². The van der Waals surface area contributed by atoms with Crippen molar-refractivity contribution in [1.82, 2.24) is 20.2 Å². The molecule has 0 aliphatic carbocycles. The van der Waals surface area contributed by atoms with Crippen LogP contribution in [0.1, 0.15) is 24.9 Å². The Balaban J connectivity index is 1.36. The van der Waals surface area contributed by atoms with Crippen molar-refractivity contribution in [1.29, 1.82) is 0 Å². The number of halogens is 2. The lowest BCUT2D eigenvalue weighted by Gasteiger charge is -2.40. The minimum atomic E-state index is -1.04. The van der Waals surface area contributed by atoms with Gasteiger partial charge in [-0.15, -0.1) is 0 Å². The molecular formula is C25H28F2N6O4. The van der Waals surface area contributed by atoms with Gasteiger partial charge in [-0.2, -0.15) is 0 Å². The number of carbonyl (C=O) groups excluding carboxylic acids is 2. The average Bonchev–Trinajstić information content (AvgIpc) is 2.89. The number of piperazine rings is 1. The van der Waals surface area contributed by atoms with Crippen LogP contribution in [-0.2, 0) is 4.79 Å². The van der Waals surface area contributed by atoms with Crippen molar-refractivity contribution in [2.24, 2.45) is 0 Å². The SMILES string of the molecule is CC1=CC(c2ccc(F)c(F)c2)N(N(C=O)CCCN2CCN(c3ccccc3[N+](=O)[O-])CC2)C(=O)N1.